The van der Waals surface area contributed by atoms with Crippen LogP contribution in [-0.4, -0.2) is 11.2 Å². The summed E-state index contributed by atoms with van der Waals surface area (Å²) in [5.41, 5.74) is 3.90. The highest BCUT2D eigenvalue weighted by molar-refractivity contribution is 7.13. The molecule has 0 bridgehead atoms. The van der Waals surface area contributed by atoms with Crippen LogP contribution in [0.15, 0.2) is 28.0 Å². The Morgan fingerprint density at radius 2 is 2.43 bits per heavy atom. The molecule has 0 saturated heterocycles. The molecule has 1 N–H and O–H groups in total. The van der Waals surface area contributed by atoms with Crippen molar-refractivity contribution in [3.63, 3.8) is 0 Å². The fourth-order valence-corrected chi connectivity index (χ4v) is 2.14. The van der Waals surface area contributed by atoms with Crippen molar-refractivity contribution in [2.24, 2.45) is 5.10 Å². The van der Waals surface area contributed by atoms with Crippen molar-refractivity contribution in [2.45, 2.75) is 6.92 Å². The maximum atomic E-state index is 4.23. The van der Waals surface area contributed by atoms with E-state index < -0.39 is 0 Å². The molecule has 0 aliphatic heterocycles. The second kappa shape index (κ2) is 4.34. The van der Waals surface area contributed by atoms with E-state index in [1.165, 1.54) is 0 Å². The van der Waals surface area contributed by atoms with Gasteiger partial charge in [0.2, 0.25) is 5.13 Å². The average Bonchev–Trinajstić information content (AvgIpc) is 2.77. The van der Waals surface area contributed by atoms with E-state index in [1.54, 1.807) is 28.9 Å². The second-order valence-corrected chi connectivity index (χ2v) is 4.52. The average molecular weight is 223 g/mol. The van der Waals surface area contributed by atoms with Crippen LogP contribution in [0.2, 0.25) is 0 Å². The highest BCUT2D eigenvalue weighted by Crippen LogP contribution is 2.14. The van der Waals surface area contributed by atoms with Crippen molar-refractivity contribution in [1.82, 2.24) is 4.98 Å². The molecular weight excluding hydrogens is 214 g/mol. The molecule has 0 aromatic carbocycles. The normalized spacial score (nSPS) is 10.9. The molecule has 14 heavy (non-hydrogen) atoms. The summed E-state index contributed by atoms with van der Waals surface area (Å²) in [6, 6.07) is 4.02. The van der Waals surface area contributed by atoms with Crippen LogP contribution in [0.1, 0.15) is 10.6 Å². The zero-order valence-corrected chi connectivity index (χ0v) is 9.23. The van der Waals surface area contributed by atoms with Crippen LogP contribution in [-0.2, 0) is 0 Å². The van der Waals surface area contributed by atoms with E-state index in [0.717, 1.165) is 15.7 Å². The lowest BCUT2D eigenvalue weighted by Crippen LogP contribution is -1.88. The summed E-state index contributed by atoms with van der Waals surface area (Å²) in [6.45, 7) is 1.96. The molecule has 0 saturated carbocycles. The van der Waals surface area contributed by atoms with Gasteiger partial charge < -0.3 is 0 Å². The van der Waals surface area contributed by atoms with E-state index in [2.05, 4.69) is 15.5 Å². The quantitative estimate of drug-likeness (QED) is 0.641. The Labute approximate surface area is 90.1 Å². The summed E-state index contributed by atoms with van der Waals surface area (Å²) in [5.74, 6) is 0. The van der Waals surface area contributed by atoms with Gasteiger partial charge in [0, 0.05) is 10.3 Å². The van der Waals surface area contributed by atoms with Crippen molar-refractivity contribution in [1.29, 1.82) is 0 Å². The SMILES string of the molecule is Cc1csc(N/N=C\c2cccs2)n1. The van der Waals surface area contributed by atoms with Crippen LogP contribution in [0.4, 0.5) is 5.13 Å². The van der Waals surface area contributed by atoms with Gasteiger partial charge in [-0.15, -0.1) is 22.7 Å². The van der Waals surface area contributed by atoms with Crippen LogP contribution >= 0.6 is 22.7 Å². The molecule has 0 amide bonds. The number of nitrogens with one attached hydrogen (secondary N) is 1. The standard InChI is InChI=1S/C9H9N3S2/c1-7-6-14-9(11-7)12-10-5-8-3-2-4-13-8/h2-6H,1H3,(H,11,12)/b10-5-. The van der Waals surface area contributed by atoms with Crippen LogP contribution < -0.4 is 5.43 Å². The van der Waals surface area contributed by atoms with Crippen LogP contribution in [0.3, 0.4) is 0 Å². The fraction of sp³-hybridized carbons (Fsp3) is 0.111. The Kier molecular flexibility index (Phi) is 2.90. The molecule has 0 unspecified atom stereocenters. The van der Waals surface area contributed by atoms with Crippen molar-refractivity contribution in [3.05, 3.63) is 33.5 Å². The monoisotopic (exact) mass is 223 g/mol. The largest absolute Gasteiger partial charge is 0.253 e. The maximum Gasteiger partial charge on any atom is 0.203 e. The smallest absolute Gasteiger partial charge is 0.203 e. The molecule has 2 aromatic rings. The topological polar surface area (TPSA) is 37.3 Å². The minimum atomic E-state index is 0.829. The third kappa shape index (κ3) is 2.40. The molecule has 2 aromatic heterocycles. The number of rotatable bonds is 3. The number of nitrogens with zero attached hydrogens (tertiary/aromatic N) is 2. The van der Waals surface area contributed by atoms with Gasteiger partial charge in [0.05, 0.1) is 11.9 Å². The molecule has 0 fully saturated rings. The van der Waals surface area contributed by atoms with E-state index in [9.17, 15) is 0 Å². The van der Waals surface area contributed by atoms with E-state index in [0.29, 0.717) is 0 Å². The Hall–Kier alpha value is -1.20. The minimum Gasteiger partial charge on any atom is -0.253 e. The van der Waals surface area contributed by atoms with Gasteiger partial charge in [0.25, 0.3) is 0 Å². The Balaban J connectivity index is 1.94. The van der Waals surface area contributed by atoms with Gasteiger partial charge in [0.1, 0.15) is 0 Å². The number of thiophene rings is 1. The lowest BCUT2D eigenvalue weighted by molar-refractivity contribution is 1.22. The third-order valence-corrected chi connectivity index (χ3v) is 3.19. The van der Waals surface area contributed by atoms with E-state index in [4.69, 9.17) is 0 Å². The fourth-order valence-electron chi connectivity index (χ4n) is 0.921. The molecule has 0 atom stereocenters. The van der Waals surface area contributed by atoms with Crippen molar-refractivity contribution in [2.75, 3.05) is 5.43 Å². The number of anilines is 1. The first-order valence-corrected chi connectivity index (χ1v) is 5.85. The Morgan fingerprint density at radius 1 is 1.50 bits per heavy atom. The summed E-state index contributed by atoms with van der Waals surface area (Å²) in [5, 5.41) is 8.92. The summed E-state index contributed by atoms with van der Waals surface area (Å²) in [7, 11) is 0. The molecule has 0 aliphatic rings. The number of hydrogen-bond donors (Lipinski definition) is 1. The van der Waals surface area contributed by atoms with Gasteiger partial charge >= 0.3 is 0 Å². The molecule has 2 rings (SSSR count). The lowest BCUT2D eigenvalue weighted by Gasteiger charge is -1.90. The van der Waals surface area contributed by atoms with E-state index >= 15 is 0 Å². The predicted molar refractivity (Wildman–Crippen MR) is 62.4 cm³/mol. The first-order chi connectivity index (χ1) is 6.84. The number of hydrogen-bond acceptors (Lipinski definition) is 5. The number of aromatic nitrogens is 1. The van der Waals surface area contributed by atoms with Gasteiger partial charge in [-0.25, -0.2) is 4.98 Å². The maximum absolute atomic E-state index is 4.23. The molecular formula is C9H9N3S2. The van der Waals surface area contributed by atoms with Crippen LogP contribution in [0.5, 0.6) is 0 Å². The summed E-state index contributed by atoms with van der Waals surface area (Å²) in [6.07, 6.45) is 1.79. The third-order valence-electron chi connectivity index (χ3n) is 1.51. The van der Waals surface area contributed by atoms with Crippen molar-refractivity contribution >= 4 is 34.0 Å². The number of thiazole rings is 1. The van der Waals surface area contributed by atoms with Gasteiger partial charge in [-0.3, -0.25) is 5.43 Å². The van der Waals surface area contributed by atoms with E-state index in [1.807, 2.05) is 29.8 Å². The zero-order chi connectivity index (χ0) is 9.80. The number of hydrazone groups is 1. The van der Waals surface area contributed by atoms with Crippen molar-refractivity contribution in [3.8, 4) is 0 Å². The summed E-state index contributed by atoms with van der Waals surface area (Å²) >= 11 is 3.21. The second-order valence-electron chi connectivity index (χ2n) is 2.68. The molecule has 3 nitrogen and oxygen atoms in total. The highest BCUT2D eigenvalue weighted by Gasteiger charge is 1.94. The lowest BCUT2D eigenvalue weighted by atomic mass is 10.5. The zero-order valence-electron chi connectivity index (χ0n) is 7.60. The van der Waals surface area contributed by atoms with Gasteiger partial charge in [-0.2, -0.15) is 5.10 Å². The number of aryl methyl sites for hydroxylation is 1. The molecule has 2 heterocycles. The van der Waals surface area contributed by atoms with Gasteiger partial charge in [0.15, 0.2) is 0 Å². The molecule has 0 spiro atoms. The molecule has 5 heteroatoms. The van der Waals surface area contributed by atoms with Crippen molar-refractivity contribution < 1.29 is 0 Å². The minimum absolute atomic E-state index is 0.829. The summed E-state index contributed by atoms with van der Waals surface area (Å²) in [4.78, 5) is 5.36. The van der Waals surface area contributed by atoms with Gasteiger partial charge in [-0.1, -0.05) is 6.07 Å². The van der Waals surface area contributed by atoms with Crippen LogP contribution in [0.25, 0.3) is 0 Å². The Bertz CT molecular complexity index is 417. The molecule has 0 aliphatic carbocycles. The first kappa shape index (κ1) is 9.36. The van der Waals surface area contributed by atoms with Crippen LogP contribution in [0, 0.1) is 6.92 Å². The highest BCUT2D eigenvalue weighted by atomic mass is 32.1. The summed E-state index contributed by atoms with van der Waals surface area (Å²) < 4.78 is 0. The predicted octanol–water partition coefficient (Wildman–Crippen LogP) is 2.96. The van der Waals surface area contributed by atoms with Gasteiger partial charge in [-0.05, 0) is 18.4 Å². The molecule has 0 radical (unpaired) electrons. The Morgan fingerprint density at radius 3 is 3.07 bits per heavy atom. The molecule has 72 valence electrons. The van der Waals surface area contributed by atoms with E-state index in [-0.39, 0.29) is 0 Å². The first-order valence-electron chi connectivity index (χ1n) is 4.09.